The Kier molecular flexibility index (Phi) is 5.92. The number of nitriles is 1. The number of ether oxygens (including phenoxy) is 1. The van der Waals surface area contributed by atoms with Crippen LogP contribution in [0.15, 0.2) is 42.5 Å². The molecular weight excluding hydrogens is 382 g/mol. The number of esters is 1. The smallest absolute Gasteiger partial charge is 0.338 e. The fourth-order valence-corrected chi connectivity index (χ4v) is 3.05. The highest BCUT2D eigenvalue weighted by Gasteiger charge is 2.24. The van der Waals surface area contributed by atoms with Crippen LogP contribution in [0.2, 0.25) is 5.02 Å². The molecule has 8 heteroatoms. The minimum Gasteiger partial charge on any atom is -0.452 e. The normalized spacial score (nSPS) is 13.1. The van der Waals surface area contributed by atoms with Gasteiger partial charge in [0, 0.05) is 18.7 Å². The molecule has 1 N–H and O–H groups in total. The fraction of sp³-hybridized carbons (Fsp3) is 0.200. The molecule has 3 rings (SSSR count). The lowest BCUT2D eigenvalue weighted by Gasteiger charge is -2.18. The van der Waals surface area contributed by atoms with Gasteiger partial charge in [-0.2, -0.15) is 5.26 Å². The van der Waals surface area contributed by atoms with Crippen LogP contribution in [-0.2, 0) is 14.3 Å². The summed E-state index contributed by atoms with van der Waals surface area (Å²) in [5, 5.41) is 11.8. The molecule has 2 aromatic carbocycles. The van der Waals surface area contributed by atoms with Crippen LogP contribution >= 0.6 is 11.6 Å². The molecule has 0 spiro atoms. The number of hydrogen-bond donors (Lipinski definition) is 1. The van der Waals surface area contributed by atoms with Gasteiger partial charge in [-0.15, -0.1) is 0 Å². The molecule has 7 nitrogen and oxygen atoms in total. The van der Waals surface area contributed by atoms with Gasteiger partial charge in [0.1, 0.15) is 0 Å². The minimum atomic E-state index is -0.703. The molecular formula is C20H16ClN3O4. The third-order valence-electron chi connectivity index (χ3n) is 4.16. The van der Waals surface area contributed by atoms with Gasteiger partial charge in [-0.1, -0.05) is 17.7 Å². The van der Waals surface area contributed by atoms with Crippen molar-refractivity contribution in [3.05, 3.63) is 58.6 Å². The van der Waals surface area contributed by atoms with Gasteiger partial charge in [0.15, 0.2) is 6.61 Å². The van der Waals surface area contributed by atoms with Gasteiger partial charge < -0.3 is 15.0 Å². The minimum absolute atomic E-state index is 0.0496. The average Bonchev–Trinajstić information content (AvgIpc) is 3.12. The maximum Gasteiger partial charge on any atom is 0.338 e. The molecule has 0 saturated carbocycles. The summed E-state index contributed by atoms with van der Waals surface area (Å²) in [5.41, 5.74) is 1.48. The molecule has 28 heavy (non-hydrogen) atoms. The third-order valence-corrected chi connectivity index (χ3v) is 4.48. The van der Waals surface area contributed by atoms with Crippen molar-refractivity contribution in [3.63, 3.8) is 0 Å². The van der Waals surface area contributed by atoms with E-state index in [4.69, 9.17) is 21.6 Å². The van der Waals surface area contributed by atoms with E-state index in [-0.39, 0.29) is 11.5 Å². The van der Waals surface area contributed by atoms with Crippen LogP contribution < -0.4 is 10.2 Å². The summed E-state index contributed by atoms with van der Waals surface area (Å²) in [5.74, 6) is -1.29. The molecule has 2 aromatic rings. The third kappa shape index (κ3) is 4.48. The Balaban J connectivity index is 1.62. The van der Waals surface area contributed by atoms with Crippen molar-refractivity contribution in [2.45, 2.75) is 12.8 Å². The molecule has 1 saturated heterocycles. The van der Waals surface area contributed by atoms with E-state index in [1.807, 2.05) is 6.07 Å². The van der Waals surface area contributed by atoms with Crippen molar-refractivity contribution >= 4 is 40.8 Å². The van der Waals surface area contributed by atoms with Gasteiger partial charge in [-0.25, -0.2) is 4.79 Å². The Labute approximate surface area is 166 Å². The van der Waals surface area contributed by atoms with E-state index in [2.05, 4.69) is 5.32 Å². The highest BCUT2D eigenvalue weighted by atomic mass is 35.5. The number of halogens is 1. The Bertz CT molecular complexity index is 984. The molecule has 0 aromatic heterocycles. The number of carbonyl (C=O) groups is 3. The summed E-state index contributed by atoms with van der Waals surface area (Å²) in [6.45, 7) is 0.0530. The molecule has 1 aliphatic rings. The number of nitrogens with one attached hydrogen (secondary N) is 1. The van der Waals surface area contributed by atoms with Crippen molar-refractivity contribution in [1.82, 2.24) is 0 Å². The summed E-state index contributed by atoms with van der Waals surface area (Å²) < 4.78 is 5.04. The maximum absolute atomic E-state index is 12.3. The summed E-state index contributed by atoms with van der Waals surface area (Å²) in [6, 6.07) is 12.8. The van der Waals surface area contributed by atoms with Crippen LogP contribution in [0.1, 0.15) is 28.8 Å². The van der Waals surface area contributed by atoms with Gasteiger partial charge in [0.05, 0.1) is 27.9 Å². The second-order valence-corrected chi connectivity index (χ2v) is 6.54. The lowest BCUT2D eigenvalue weighted by atomic mass is 10.2. The monoisotopic (exact) mass is 397 g/mol. The highest BCUT2D eigenvalue weighted by Crippen LogP contribution is 2.30. The van der Waals surface area contributed by atoms with Crippen molar-refractivity contribution in [1.29, 1.82) is 5.26 Å². The summed E-state index contributed by atoms with van der Waals surface area (Å²) in [4.78, 5) is 37.7. The van der Waals surface area contributed by atoms with Crippen LogP contribution in [0.25, 0.3) is 0 Å². The number of anilines is 2. The molecule has 0 radical (unpaired) electrons. The zero-order chi connectivity index (χ0) is 20.1. The topological polar surface area (TPSA) is 99.5 Å². The van der Waals surface area contributed by atoms with E-state index in [0.717, 1.165) is 6.42 Å². The summed E-state index contributed by atoms with van der Waals surface area (Å²) in [6.07, 6.45) is 1.18. The van der Waals surface area contributed by atoms with Crippen LogP contribution in [0, 0.1) is 11.3 Å². The van der Waals surface area contributed by atoms with Crippen molar-refractivity contribution < 1.29 is 19.1 Å². The van der Waals surface area contributed by atoms with Gasteiger partial charge in [0.2, 0.25) is 5.91 Å². The average molecular weight is 398 g/mol. The van der Waals surface area contributed by atoms with Crippen LogP contribution in [-0.4, -0.2) is 30.9 Å². The van der Waals surface area contributed by atoms with Crippen molar-refractivity contribution in [2.24, 2.45) is 0 Å². The van der Waals surface area contributed by atoms with Gasteiger partial charge in [-0.3, -0.25) is 9.59 Å². The molecule has 2 amide bonds. The van der Waals surface area contributed by atoms with Gasteiger partial charge >= 0.3 is 5.97 Å². The summed E-state index contributed by atoms with van der Waals surface area (Å²) in [7, 11) is 0. The Morgan fingerprint density at radius 2 is 2.07 bits per heavy atom. The molecule has 0 unspecified atom stereocenters. The molecule has 0 aliphatic carbocycles. The predicted molar refractivity (Wildman–Crippen MR) is 103 cm³/mol. The number of nitrogens with zero attached hydrogens (tertiary/aromatic N) is 2. The number of rotatable bonds is 5. The molecule has 0 bridgehead atoms. The van der Waals surface area contributed by atoms with E-state index >= 15 is 0 Å². The number of benzene rings is 2. The second-order valence-electron chi connectivity index (χ2n) is 6.13. The largest absolute Gasteiger partial charge is 0.452 e. The zero-order valence-corrected chi connectivity index (χ0v) is 15.5. The first-order valence-corrected chi connectivity index (χ1v) is 8.93. The molecule has 1 fully saturated rings. The first-order valence-electron chi connectivity index (χ1n) is 8.55. The van der Waals surface area contributed by atoms with E-state index in [9.17, 15) is 14.4 Å². The summed E-state index contributed by atoms with van der Waals surface area (Å²) >= 11 is 6.16. The van der Waals surface area contributed by atoms with Gasteiger partial charge in [0.25, 0.3) is 5.91 Å². The van der Waals surface area contributed by atoms with Crippen molar-refractivity contribution in [3.8, 4) is 6.07 Å². The maximum atomic E-state index is 12.3. The molecule has 0 atom stereocenters. The SMILES string of the molecule is N#Cc1cccc(NC(=O)COC(=O)c2ccc(Cl)c(N3CCCC3=O)c2)c1. The zero-order valence-electron chi connectivity index (χ0n) is 14.8. The quantitative estimate of drug-likeness (QED) is 0.781. The Morgan fingerprint density at radius 1 is 1.25 bits per heavy atom. The van der Waals surface area contributed by atoms with E-state index in [0.29, 0.717) is 34.9 Å². The number of hydrogen-bond acceptors (Lipinski definition) is 5. The molecule has 1 heterocycles. The van der Waals surface area contributed by atoms with Gasteiger partial charge in [-0.05, 0) is 42.8 Å². The highest BCUT2D eigenvalue weighted by molar-refractivity contribution is 6.34. The van der Waals surface area contributed by atoms with Crippen LogP contribution in [0.4, 0.5) is 11.4 Å². The molecule has 142 valence electrons. The Hall–Kier alpha value is -3.37. The Morgan fingerprint density at radius 3 is 2.79 bits per heavy atom. The standard InChI is InChI=1S/C20H16ClN3O4/c21-16-7-6-14(10-17(16)24-8-2-5-19(24)26)20(27)28-12-18(25)23-15-4-1-3-13(9-15)11-22/h1,3-4,6-7,9-10H,2,5,8,12H2,(H,23,25). The second kappa shape index (κ2) is 8.55. The predicted octanol–water partition coefficient (Wildman–Crippen LogP) is 3.13. The fourth-order valence-electron chi connectivity index (χ4n) is 2.83. The first-order chi connectivity index (χ1) is 13.5. The lowest BCUT2D eigenvalue weighted by Crippen LogP contribution is -2.24. The number of carbonyl (C=O) groups excluding carboxylic acids is 3. The lowest BCUT2D eigenvalue weighted by molar-refractivity contribution is -0.119. The number of amides is 2. The van der Waals surface area contributed by atoms with Crippen LogP contribution in [0.5, 0.6) is 0 Å². The first kappa shape index (κ1) is 19.4. The van der Waals surface area contributed by atoms with Crippen LogP contribution in [0.3, 0.4) is 0 Å². The molecule has 1 aliphatic heterocycles. The van der Waals surface area contributed by atoms with E-state index < -0.39 is 18.5 Å². The van der Waals surface area contributed by atoms with E-state index in [1.165, 1.54) is 29.2 Å². The van der Waals surface area contributed by atoms with E-state index in [1.54, 1.807) is 18.2 Å². The van der Waals surface area contributed by atoms with Crippen molar-refractivity contribution in [2.75, 3.05) is 23.4 Å².